The average molecular weight is 372 g/mol. The second-order valence-corrected chi connectivity index (χ2v) is 6.66. The van der Waals surface area contributed by atoms with Crippen molar-refractivity contribution in [2.45, 2.75) is 19.9 Å². The number of anilines is 1. The summed E-state index contributed by atoms with van der Waals surface area (Å²) in [4.78, 5) is 13.0. The molecule has 1 aliphatic heterocycles. The van der Waals surface area contributed by atoms with E-state index in [9.17, 15) is 4.79 Å². The van der Waals surface area contributed by atoms with Crippen LogP contribution in [-0.4, -0.2) is 11.0 Å². The van der Waals surface area contributed by atoms with E-state index in [0.717, 1.165) is 16.8 Å². The van der Waals surface area contributed by atoms with Crippen molar-refractivity contribution in [2.75, 3.05) is 5.32 Å². The van der Waals surface area contributed by atoms with E-state index >= 15 is 0 Å². The second-order valence-electron chi connectivity index (χ2n) is 5.85. The Labute approximate surface area is 157 Å². The van der Waals surface area contributed by atoms with Crippen molar-refractivity contribution in [3.63, 3.8) is 0 Å². The van der Waals surface area contributed by atoms with E-state index in [1.54, 1.807) is 6.07 Å². The maximum atomic E-state index is 13.0. The van der Waals surface area contributed by atoms with Crippen LogP contribution in [0.3, 0.4) is 0 Å². The fourth-order valence-electron chi connectivity index (χ4n) is 2.82. The first-order valence-electron chi connectivity index (χ1n) is 7.87. The van der Waals surface area contributed by atoms with Crippen molar-refractivity contribution >= 4 is 40.5 Å². The van der Waals surface area contributed by atoms with E-state index in [4.69, 9.17) is 23.8 Å². The van der Waals surface area contributed by atoms with Crippen LogP contribution in [0, 0.1) is 6.92 Å². The molecule has 3 rings (SSSR count). The minimum atomic E-state index is -0.311. The lowest BCUT2D eigenvalue weighted by molar-refractivity contribution is -0.113. The van der Waals surface area contributed by atoms with Gasteiger partial charge in [-0.3, -0.25) is 4.79 Å². The number of halogens is 1. The molecule has 0 fully saturated rings. The summed E-state index contributed by atoms with van der Waals surface area (Å²) in [7, 11) is 0. The van der Waals surface area contributed by atoms with Gasteiger partial charge in [0, 0.05) is 16.4 Å². The van der Waals surface area contributed by atoms with Gasteiger partial charge in [-0.05, 0) is 49.3 Å². The largest absolute Gasteiger partial charge is 0.351 e. The van der Waals surface area contributed by atoms with Gasteiger partial charge in [0.1, 0.15) is 0 Å². The van der Waals surface area contributed by atoms with E-state index in [1.807, 2.05) is 56.3 Å². The number of hydrogen-bond acceptors (Lipinski definition) is 2. The molecule has 1 aliphatic rings. The molecular weight excluding hydrogens is 354 g/mol. The first kappa shape index (κ1) is 17.5. The summed E-state index contributed by atoms with van der Waals surface area (Å²) in [6.45, 7) is 3.73. The first-order valence-corrected chi connectivity index (χ1v) is 8.65. The van der Waals surface area contributed by atoms with Crippen molar-refractivity contribution in [3.8, 4) is 0 Å². The lowest BCUT2D eigenvalue weighted by atomic mass is 9.95. The highest BCUT2D eigenvalue weighted by molar-refractivity contribution is 7.80. The van der Waals surface area contributed by atoms with Gasteiger partial charge in [0.2, 0.25) is 0 Å². The molecule has 0 radical (unpaired) electrons. The van der Waals surface area contributed by atoms with Gasteiger partial charge >= 0.3 is 0 Å². The van der Waals surface area contributed by atoms with Crippen molar-refractivity contribution in [1.82, 2.24) is 10.6 Å². The Hall–Kier alpha value is -2.37. The van der Waals surface area contributed by atoms with Gasteiger partial charge in [0.15, 0.2) is 5.11 Å². The van der Waals surface area contributed by atoms with E-state index in [2.05, 4.69) is 16.0 Å². The zero-order chi connectivity index (χ0) is 18.0. The number of carbonyl (C=O) groups excluding carboxylic acids is 1. The zero-order valence-corrected chi connectivity index (χ0v) is 15.5. The van der Waals surface area contributed by atoms with Crippen molar-refractivity contribution in [2.24, 2.45) is 0 Å². The molecule has 0 saturated heterocycles. The fraction of sp³-hybridized carbons (Fsp3) is 0.158. The van der Waals surface area contributed by atoms with Gasteiger partial charge in [-0.25, -0.2) is 0 Å². The van der Waals surface area contributed by atoms with Crippen molar-refractivity contribution in [3.05, 3.63) is 76.0 Å². The molecule has 0 bridgehead atoms. The number of hydrogen-bond donors (Lipinski definition) is 3. The molecule has 0 aromatic heterocycles. The third-order valence-corrected chi connectivity index (χ3v) is 4.79. The highest BCUT2D eigenvalue weighted by atomic mass is 35.5. The molecule has 128 valence electrons. The van der Waals surface area contributed by atoms with Crippen LogP contribution in [0.2, 0.25) is 5.02 Å². The number of amides is 1. The van der Waals surface area contributed by atoms with Gasteiger partial charge in [0.25, 0.3) is 5.91 Å². The summed E-state index contributed by atoms with van der Waals surface area (Å²) in [5.41, 5.74) is 3.82. The molecule has 6 heteroatoms. The van der Waals surface area contributed by atoms with Crippen LogP contribution in [0.5, 0.6) is 0 Å². The van der Waals surface area contributed by atoms with E-state index in [1.165, 1.54) is 0 Å². The van der Waals surface area contributed by atoms with Crippen LogP contribution in [0.15, 0.2) is 59.8 Å². The normalized spacial score (nSPS) is 16.9. The topological polar surface area (TPSA) is 53.2 Å². The quantitative estimate of drug-likeness (QED) is 0.711. The number of benzene rings is 2. The third kappa shape index (κ3) is 3.67. The summed E-state index contributed by atoms with van der Waals surface area (Å²) in [6.07, 6.45) is 0. The van der Waals surface area contributed by atoms with Gasteiger partial charge in [0.05, 0.1) is 11.6 Å². The molecule has 3 N–H and O–H groups in total. The van der Waals surface area contributed by atoms with E-state index in [0.29, 0.717) is 21.4 Å². The smallest absolute Gasteiger partial charge is 0.255 e. The molecule has 0 saturated carbocycles. The Bertz CT molecular complexity index is 864. The Balaban J connectivity index is 1.96. The SMILES string of the molecule is CC1=C(C(=O)Nc2cccc(Cl)c2C)C(c2ccccc2)NC(=S)N1. The third-order valence-electron chi connectivity index (χ3n) is 4.16. The lowest BCUT2D eigenvalue weighted by Crippen LogP contribution is -2.45. The van der Waals surface area contributed by atoms with E-state index in [-0.39, 0.29) is 11.9 Å². The highest BCUT2D eigenvalue weighted by Crippen LogP contribution is 2.29. The number of nitrogens with one attached hydrogen (secondary N) is 3. The van der Waals surface area contributed by atoms with Gasteiger partial charge in [-0.1, -0.05) is 48.0 Å². The van der Waals surface area contributed by atoms with Gasteiger partial charge in [-0.2, -0.15) is 0 Å². The second kappa shape index (κ2) is 7.25. The molecule has 2 aromatic carbocycles. The van der Waals surface area contributed by atoms with E-state index < -0.39 is 0 Å². The maximum Gasteiger partial charge on any atom is 0.255 e. The summed E-state index contributed by atoms with van der Waals surface area (Å²) in [5, 5.41) is 10.3. The van der Waals surface area contributed by atoms with Crippen LogP contribution in [0.25, 0.3) is 0 Å². The summed E-state index contributed by atoms with van der Waals surface area (Å²) in [6, 6.07) is 14.9. The molecule has 0 spiro atoms. The molecule has 2 aromatic rings. The summed E-state index contributed by atoms with van der Waals surface area (Å²) < 4.78 is 0. The minimum absolute atomic E-state index is 0.195. The van der Waals surface area contributed by atoms with Crippen LogP contribution in [0.4, 0.5) is 5.69 Å². The monoisotopic (exact) mass is 371 g/mol. The fourth-order valence-corrected chi connectivity index (χ4v) is 3.27. The standard InChI is InChI=1S/C19H18ClN3OS/c1-11-14(20)9-6-10-15(11)22-18(24)16-12(2)21-19(25)23-17(16)13-7-4-3-5-8-13/h3-10,17H,1-2H3,(H,22,24)(H2,21,23,25). The lowest BCUT2D eigenvalue weighted by Gasteiger charge is -2.30. The van der Waals surface area contributed by atoms with Gasteiger partial charge < -0.3 is 16.0 Å². The van der Waals surface area contributed by atoms with Gasteiger partial charge in [-0.15, -0.1) is 0 Å². The molecule has 1 amide bonds. The molecule has 0 aliphatic carbocycles. The Morgan fingerprint density at radius 3 is 2.56 bits per heavy atom. The number of allylic oxidation sites excluding steroid dienone is 1. The highest BCUT2D eigenvalue weighted by Gasteiger charge is 2.30. The first-order chi connectivity index (χ1) is 12.0. The summed E-state index contributed by atoms with van der Waals surface area (Å²) in [5.74, 6) is -0.195. The maximum absolute atomic E-state index is 13.0. The average Bonchev–Trinajstić information content (AvgIpc) is 2.59. The Kier molecular flexibility index (Phi) is 5.06. The number of thiocarbonyl (C=S) groups is 1. The molecular formula is C19H18ClN3OS. The van der Waals surface area contributed by atoms with Crippen LogP contribution >= 0.6 is 23.8 Å². The zero-order valence-electron chi connectivity index (χ0n) is 13.9. The van der Waals surface area contributed by atoms with Crippen LogP contribution in [0.1, 0.15) is 24.1 Å². The van der Waals surface area contributed by atoms with Crippen molar-refractivity contribution < 1.29 is 4.79 Å². The Morgan fingerprint density at radius 1 is 1.12 bits per heavy atom. The molecule has 1 unspecified atom stereocenters. The summed E-state index contributed by atoms with van der Waals surface area (Å²) >= 11 is 11.4. The molecule has 1 atom stereocenters. The predicted molar refractivity (Wildman–Crippen MR) is 106 cm³/mol. The van der Waals surface area contributed by atoms with Crippen molar-refractivity contribution in [1.29, 1.82) is 0 Å². The van der Waals surface area contributed by atoms with Crippen LogP contribution < -0.4 is 16.0 Å². The van der Waals surface area contributed by atoms with Crippen LogP contribution in [-0.2, 0) is 4.79 Å². The number of carbonyl (C=O) groups is 1. The number of rotatable bonds is 3. The molecule has 25 heavy (non-hydrogen) atoms. The Morgan fingerprint density at radius 2 is 1.84 bits per heavy atom. The predicted octanol–water partition coefficient (Wildman–Crippen LogP) is 4.08. The molecule has 1 heterocycles. The minimum Gasteiger partial charge on any atom is -0.351 e. The molecule has 4 nitrogen and oxygen atoms in total.